The number of imidazole rings is 1. The second-order valence-electron chi connectivity index (χ2n) is 6.18. The maximum atomic E-state index is 6.05. The molecule has 0 N–H and O–H groups in total. The minimum Gasteiger partial charge on any atom is -0.496 e. The number of nitrogens with zero attached hydrogens (tertiary/aromatic N) is 3. The number of thiol groups is 1. The molecule has 2 unspecified atom stereocenters. The molecule has 3 heterocycles. The number of fused-ring (bicyclic) bond motifs is 3. The van der Waals surface area contributed by atoms with Crippen molar-refractivity contribution in [3.05, 3.63) is 47.5 Å². The third-order valence-electron chi connectivity index (χ3n) is 5.14. The van der Waals surface area contributed by atoms with E-state index in [4.69, 9.17) is 9.57 Å². The van der Waals surface area contributed by atoms with Gasteiger partial charge in [-0.05, 0) is 31.6 Å². The zero-order chi connectivity index (χ0) is 16.4. The lowest BCUT2D eigenvalue weighted by Gasteiger charge is -2.42. The highest BCUT2D eigenvalue weighted by Gasteiger charge is 2.66. The highest BCUT2D eigenvalue weighted by atomic mass is 32.1. The SMILES string of the molecule is COC1=C(C)CC23C=CC=C[N+]2(OC)c2ncc(S)n2C3=C1C. The summed E-state index contributed by atoms with van der Waals surface area (Å²) >= 11 is 4.63. The molecule has 0 aromatic carbocycles. The van der Waals surface area contributed by atoms with E-state index in [2.05, 4.69) is 54.4 Å². The van der Waals surface area contributed by atoms with Gasteiger partial charge in [-0.15, -0.1) is 12.6 Å². The first-order valence-electron chi connectivity index (χ1n) is 7.57. The van der Waals surface area contributed by atoms with Crippen LogP contribution in [0.5, 0.6) is 0 Å². The summed E-state index contributed by atoms with van der Waals surface area (Å²) in [6.45, 7) is 4.21. The van der Waals surface area contributed by atoms with Gasteiger partial charge in [-0.1, -0.05) is 10.7 Å². The van der Waals surface area contributed by atoms with Gasteiger partial charge >= 0.3 is 5.95 Å². The summed E-state index contributed by atoms with van der Waals surface area (Å²) in [5, 5.41) is 0.800. The van der Waals surface area contributed by atoms with E-state index in [1.807, 2.05) is 6.08 Å². The molecule has 1 spiro atoms. The molecule has 1 aromatic heterocycles. The molecule has 0 radical (unpaired) electrons. The molecule has 1 aliphatic carbocycles. The van der Waals surface area contributed by atoms with Crippen molar-refractivity contribution < 1.29 is 9.57 Å². The Morgan fingerprint density at radius 1 is 1.30 bits per heavy atom. The summed E-state index contributed by atoms with van der Waals surface area (Å²) in [4.78, 5) is 10.7. The Morgan fingerprint density at radius 2 is 2.09 bits per heavy atom. The van der Waals surface area contributed by atoms with Crippen LogP contribution < -0.4 is 4.65 Å². The molecule has 6 heteroatoms. The molecule has 23 heavy (non-hydrogen) atoms. The van der Waals surface area contributed by atoms with Gasteiger partial charge in [0.05, 0.1) is 20.4 Å². The molecule has 120 valence electrons. The maximum absolute atomic E-state index is 6.05. The summed E-state index contributed by atoms with van der Waals surface area (Å²) in [7, 11) is 3.45. The minimum absolute atomic E-state index is 0.213. The van der Waals surface area contributed by atoms with Crippen LogP contribution in [0.1, 0.15) is 20.3 Å². The fourth-order valence-electron chi connectivity index (χ4n) is 4.38. The summed E-state index contributed by atoms with van der Waals surface area (Å²) in [5.41, 5.74) is 3.06. The molecule has 0 amide bonds. The van der Waals surface area contributed by atoms with Crippen LogP contribution in [0.2, 0.25) is 0 Å². The maximum Gasteiger partial charge on any atom is 0.354 e. The number of hydrogen-bond acceptors (Lipinski definition) is 4. The van der Waals surface area contributed by atoms with Gasteiger partial charge < -0.3 is 4.74 Å². The Morgan fingerprint density at radius 3 is 2.78 bits per heavy atom. The van der Waals surface area contributed by atoms with Crippen molar-refractivity contribution in [2.24, 2.45) is 0 Å². The first-order chi connectivity index (χ1) is 11.0. The second-order valence-corrected chi connectivity index (χ2v) is 6.64. The van der Waals surface area contributed by atoms with Gasteiger partial charge in [0.2, 0.25) is 5.54 Å². The molecular formula is C17H20N3O2S+. The van der Waals surface area contributed by atoms with E-state index in [0.717, 1.165) is 34.4 Å². The average molecular weight is 330 g/mol. The topological polar surface area (TPSA) is 36.3 Å². The molecule has 5 nitrogen and oxygen atoms in total. The molecule has 2 atom stereocenters. The Bertz CT molecular complexity index is 833. The van der Waals surface area contributed by atoms with E-state index < -0.39 is 0 Å². The van der Waals surface area contributed by atoms with Gasteiger partial charge in [0.15, 0.2) is 0 Å². The highest BCUT2D eigenvalue weighted by molar-refractivity contribution is 7.80. The van der Waals surface area contributed by atoms with Crippen molar-refractivity contribution in [3.63, 3.8) is 0 Å². The lowest BCUT2D eigenvalue weighted by Crippen LogP contribution is -2.60. The number of ether oxygens (including phenoxy) is 1. The first-order valence-corrected chi connectivity index (χ1v) is 8.02. The molecule has 4 rings (SSSR count). The van der Waals surface area contributed by atoms with E-state index in [9.17, 15) is 0 Å². The van der Waals surface area contributed by atoms with Gasteiger partial charge in [-0.2, -0.15) is 9.82 Å². The molecule has 0 saturated carbocycles. The van der Waals surface area contributed by atoms with Gasteiger partial charge in [0.1, 0.15) is 22.7 Å². The van der Waals surface area contributed by atoms with Crippen LogP contribution in [0.4, 0.5) is 5.95 Å². The predicted octanol–water partition coefficient (Wildman–Crippen LogP) is 3.43. The summed E-state index contributed by atoms with van der Waals surface area (Å²) in [6, 6.07) is 0. The van der Waals surface area contributed by atoms with Crippen LogP contribution >= 0.6 is 12.6 Å². The number of hydrogen-bond donors (Lipinski definition) is 1. The van der Waals surface area contributed by atoms with E-state index in [1.165, 1.54) is 5.57 Å². The Kier molecular flexibility index (Phi) is 2.98. The third kappa shape index (κ3) is 1.49. The van der Waals surface area contributed by atoms with Crippen LogP contribution in [0.15, 0.2) is 52.6 Å². The molecule has 2 aliphatic heterocycles. The van der Waals surface area contributed by atoms with Crippen LogP contribution in [0, 0.1) is 0 Å². The fourth-order valence-corrected chi connectivity index (χ4v) is 4.63. The van der Waals surface area contributed by atoms with Crippen molar-refractivity contribution in [2.75, 3.05) is 14.2 Å². The third-order valence-corrected chi connectivity index (χ3v) is 5.45. The predicted molar refractivity (Wildman–Crippen MR) is 92.5 cm³/mol. The highest BCUT2D eigenvalue weighted by Crippen LogP contribution is 2.57. The largest absolute Gasteiger partial charge is 0.496 e. The van der Waals surface area contributed by atoms with E-state index in [0.29, 0.717) is 0 Å². The lowest BCUT2D eigenvalue weighted by atomic mass is 9.78. The lowest BCUT2D eigenvalue weighted by molar-refractivity contribution is -0.118. The number of aromatic nitrogens is 2. The van der Waals surface area contributed by atoms with Crippen LogP contribution in [-0.2, 0) is 9.57 Å². The van der Waals surface area contributed by atoms with Crippen molar-refractivity contribution in [3.8, 4) is 0 Å². The fraction of sp³-hybridized carbons (Fsp3) is 0.353. The number of rotatable bonds is 2. The zero-order valence-electron chi connectivity index (χ0n) is 13.7. The number of hydroxylamine groups is 2. The summed E-state index contributed by atoms with van der Waals surface area (Å²) in [6.07, 6.45) is 10.9. The number of methoxy groups -OCH3 is 1. The number of allylic oxidation sites excluding steroid dienone is 3. The second kappa shape index (κ2) is 4.63. The molecule has 0 bridgehead atoms. The summed E-state index contributed by atoms with van der Waals surface area (Å²) in [5.74, 6) is 1.76. The molecule has 3 aliphatic rings. The van der Waals surface area contributed by atoms with Crippen molar-refractivity contribution in [1.82, 2.24) is 14.2 Å². The molecular weight excluding hydrogens is 310 g/mol. The molecule has 0 fully saturated rings. The standard InChI is InChI=1S/C17H19N3O2S/c1-11-9-17-7-5-6-8-20(17,22-4)16-18-10-13(23)19(16)15(17)12(2)14(11)21-3/h5-8,10H,9H2,1-4H3/p+1. The minimum atomic E-state index is -0.374. The first kappa shape index (κ1) is 14.8. The Hall–Kier alpha value is -1.76. The van der Waals surface area contributed by atoms with Gasteiger partial charge in [-0.25, -0.2) is 4.57 Å². The van der Waals surface area contributed by atoms with E-state index >= 15 is 0 Å². The number of quaternary nitrogens is 1. The Labute approximate surface area is 141 Å². The Balaban J connectivity index is 2.14. The zero-order valence-corrected chi connectivity index (χ0v) is 14.6. The van der Waals surface area contributed by atoms with E-state index in [1.54, 1.807) is 20.4 Å². The van der Waals surface area contributed by atoms with Crippen molar-refractivity contribution in [2.45, 2.75) is 30.8 Å². The normalized spacial score (nSPS) is 31.3. The van der Waals surface area contributed by atoms with E-state index in [-0.39, 0.29) is 10.2 Å². The smallest absolute Gasteiger partial charge is 0.354 e. The van der Waals surface area contributed by atoms with Gasteiger partial charge in [0, 0.05) is 12.0 Å². The van der Waals surface area contributed by atoms with Gasteiger partial charge in [-0.3, -0.25) is 0 Å². The van der Waals surface area contributed by atoms with Crippen molar-refractivity contribution in [1.29, 1.82) is 0 Å². The molecule has 1 aromatic rings. The van der Waals surface area contributed by atoms with Crippen LogP contribution in [0.25, 0.3) is 5.70 Å². The molecule has 0 saturated heterocycles. The van der Waals surface area contributed by atoms with Gasteiger partial charge in [0.25, 0.3) is 0 Å². The van der Waals surface area contributed by atoms with Crippen LogP contribution in [-0.4, -0.2) is 29.3 Å². The van der Waals surface area contributed by atoms with Crippen LogP contribution in [0.3, 0.4) is 0 Å². The monoisotopic (exact) mass is 330 g/mol. The quantitative estimate of drug-likeness (QED) is 0.667. The average Bonchev–Trinajstić information content (AvgIpc) is 3.02. The summed E-state index contributed by atoms with van der Waals surface area (Å²) < 4.78 is 7.98. The van der Waals surface area contributed by atoms with Crippen molar-refractivity contribution >= 4 is 24.3 Å².